The first-order chi connectivity index (χ1) is 9.54. The van der Waals surface area contributed by atoms with E-state index in [1.54, 1.807) is 0 Å². The van der Waals surface area contributed by atoms with Crippen LogP contribution in [0.1, 0.15) is 17.3 Å². The van der Waals surface area contributed by atoms with Gasteiger partial charge >= 0.3 is 0 Å². The first kappa shape index (κ1) is 18.7. The highest BCUT2D eigenvalue weighted by atomic mass is 35.5. The van der Waals surface area contributed by atoms with Gasteiger partial charge in [-0.1, -0.05) is 37.3 Å². The number of carbonyl (C=O) groups is 1. The maximum absolute atomic E-state index is 12.6. The average molecular weight is 352 g/mol. The summed E-state index contributed by atoms with van der Waals surface area (Å²) in [6.45, 7) is 3.41. The van der Waals surface area contributed by atoms with Gasteiger partial charge in [0.25, 0.3) is 0 Å². The zero-order valence-corrected chi connectivity index (χ0v) is 14.2. The lowest BCUT2D eigenvalue weighted by Crippen LogP contribution is -2.58. The molecule has 1 saturated heterocycles. The maximum atomic E-state index is 12.6. The lowest BCUT2D eigenvalue weighted by molar-refractivity contribution is 0.0752. The summed E-state index contributed by atoms with van der Waals surface area (Å²) in [5.41, 5.74) is 6.72. The van der Waals surface area contributed by atoms with Crippen molar-refractivity contribution in [3.63, 3.8) is 0 Å². The fourth-order valence-corrected chi connectivity index (χ4v) is 3.41. The number of rotatable bonds is 4. The van der Waals surface area contributed by atoms with Crippen LogP contribution >= 0.6 is 35.6 Å². The van der Waals surface area contributed by atoms with Gasteiger partial charge < -0.3 is 5.73 Å². The van der Waals surface area contributed by atoms with Crippen molar-refractivity contribution in [1.82, 2.24) is 4.90 Å². The number of nitrogens with two attached hydrogens (primary N) is 1. The van der Waals surface area contributed by atoms with Gasteiger partial charge in [-0.3, -0.25) is 9.69 Å². The molecule has 4 atom stereocenters. The van der Waals surface area contributed by atoms with Crippen LogP contribution in [0.25, 0.3) is 0 Å². The second kappa shape index (κ2) is 8.35. The first-order valence-corrected chi connectivity index (χ1v) is 7.80. The molecule has 1 heterocycles. The van der Waals surface area contributed by atoms with Crippen molar-refractivity contribution in [3.05, 3.63) is 35.9 Å². The van der Waals surface area contributed by atoms with Crippen LogP contribution in [-0.2, 0) is 0 Å². The van der Waals surface area contributed by atoms with Crippen molar-refractivity contribution in [2.75, 3.05) is 19.0 Å². The van der Waals surface area contributed by atoms with Crippen molar-refractivity contribution in [3.8, 4) is 0 Å². The zero-order chi connectivity index (χ0) is 14.7. The van der Waals surface area contributed by atoms with Crippen molar-refractivity contribution in [1.29, 1.82) is 0 Å². The summed E-state index contributed by atoms with van der Waals surface area (Å²) in [5, 5.41) is -0.145. The summed E-state index contributed by atoms with van der Waals surface area (Å²) < 4.78 is 0. The van der Waals surface area contributed by atoms with Crippen molar-refractivity contribution in [2.24, 2.45) is 11.7 Å². The van der Waals surface area contributed by atoms with E-state index in [0.717, 1.165) is 6.54 Å². The number of hydrogen-bond donors (Lipinski definition) is 1. The van der Waals surface area contributed by atoms with Crippen LogP contribution in [0.2, 0.25) is 0 Å². The van der Waals surface area contributed by atoms with Crippen LogP contribution in [0.4, 0.5) is 0 Å². The van der Waals surface area contributed by atoms with Gasteiger partial charge in [-0.15, -0.1) is 35.6 Å². The standard InChI is InChI=1S/C15H20Cl2N2O.ClH/c1-10-8-19(9-12(17)14(10)18)13(7-16)15(20)11-5-3-2-4-6-11;/h2-6,10,12-14H,7-9,18H2,1H3;1H. The molecule has 0 aliphatic carbocycles. The Morgan fingerprint density at radius 1 is 1.38 bits per heavy atom. The fraction of sp³-hybridized carbons (Fsp3) is 0.533. The Labute approximate surface area is 142 Å². The fourth-order valence-electron chi connectivity index (χ4n) is 2.65. The molecule has 2 N–H and O–H groups in total. The Kier molecular flexibility index (Phi) is 7.45. The molecule has 1 fully saturated rings. The Morgan fingerprint density at radius 3 is 2.52 bits per heavy atom. The number of piperidine rings is 1. The number of hydrogen-bond acceptors (Lipinski definition) is 3. The minimum absolute atomic E-state index is 0. The highest BCUT2D eigenvalue weighted by Gasteiger charge is 2.36. The third-order valence-electron chi connectivity index (χ3n) is 3.95. The summed E-state index contributed by atoms with van der Waals surface area (Å²) in [7, 11) is 0. The highest BCUT2D eigenvalue weighted by molar-refractivity contribution is 6.22. The largest absolute Gasteiger partial charge is 0.326 e. The van der Waals surface area contributed by atoms with Gasteiger partial charge in [0.1, 0.15) is 0 Å². The summed E-state index contributed by atoms with van der Waals surface area (Å²) >= 11 is 12.3. The predicted octanol–water partition coefficient (Wildman–Crippen LogP) is 2.78. The van der Waals surface area contributed by atoms with E-state index in [0.29, 0.717) is 12.1 Å². The minimum Gasteiger partial charge on any atom is -0.326 e. The number of benzene rings is 1. The second-order valence-electron chi connectivity index (χ2n) is 5.42. The molecular formula is C15H21Cl3N2O. The van der Waals surface area contributed by atoms with E-state index in [-0.39, 0.29) is 47.4 Å². The SMILES string of the molecule is CC1CN(C(CCl)C(=O)c2ccccc2)CC(Cl)C1N.Cl. The van der Waals surface area contributed by atoms with Gasteiger partial charge in [-0.2, -0.15) is 0 Å². The molecule has 0 aromatic heterocycles. The average Bonchev–Trinajstić information content (AvgIpc) is 2.46. The van der Waals surface area contributed by atoms with Gasteiger partial charge in [0, 0.05) is 30.6 Å². The van der Waals surface area contributed by atoms with Gasteiger partial charge in [-0.05, 0) is 5.92 Å². The Bertz CT molecular complexity index is 445. The summed E-state index contributed by atoms with van der Waals surface area (Å²) in [6.07, 6.45) is 0. The molecule has 21 heavy (non-hydrogen) atoms. The molecule has 2 rings (SSSR count). The molecule has 0 radical (unpaired) electrons. The van der Waals surface area contributed by atoms with Crippen LogP contribution < -0.4 is 5.73 Å². The summed E-state index contributed by atoms with van der Waals surface area (Å²) in [6, 6.07) is 8.88. The van der Waals surface area contributed by atoms with Gasteiger partial charge in [-0.25, -0.2) is 0 Å². The van der Waals surface area contributed by atoms with Crippen molar-refractivity contribution in [2.45, 2.75) is 24.4 Å². The molecule has 1 aliphatic heterocycles. The number of nitrogens with zero attached hydrogens (tertiary/aromatic N) is 1. The van der Waals surface area contributed by atoms with Crippen LogP contribution in [0.15, 0.2) is 30.3 Å². The molecule has 1 aromatic carbocycles. The first-order valence-electron chi connectivity index (χ1n) is 6.83. The van der Waals surface area contributed by atoms with Gasteiger partial charge in [0.05, 0.1) is 11.4 Å². The van der Waals surface area contributed by atoms with Gasteiger partial charge in [0.2, 0.25) is 0 Å². The van der Waals surface area contributed by atoms with Crippen molar-refractivity contribution >= 4 is 41.4 Å². The lowest BCUT2D eigenvalue weighted by Gasteiger charge is -2.41. The van der Waals surface area contributed by atoms with Gasteiger partial charge in [0.15, 0.2) is 5.78 Å². The van der Waals surface area contributed by atoms with E-state index in [2.05, 4.69) is 11.8 Å². The number of carbonyl (C=O) groups excluding carboxylic acids is 1. The lowest BCUT2D eigenvalue weighted by atomic mass is 9.92. The Morgan fingerprint density at radius 2 is 2.00 bits per heavy atom. The topological polar surface area (TPSA) is 46.3 Å². The summed E-state index contributed by atoms with van der Waals surface area (Å²) in [4.78, 5) is 14.6. The molecule has 4 unspecified atom stereocenters. The van der Waals surface area contributed by atoms with Crippen molar-refractivity contribution < 1.29 is 4.79 Å². The van der Waals surface area contributed by atoms with Crippen LogP contribution in [-0.4, -0.2) is 47.1 Å². The molecule has 1 aromatic rings. The van der Waals surface area contributed by atoms with E-state index in [1.807, 2.05) is 30.3 Å². The molecule has 0 saturated carbocycles. The molecule has 118 valence electrons. The quantitative estimate of drug-likeness (QED) is 0.670. The van der Waals surface area contributed by atoms with Crippen LogP contribution in [0, 0.1) is 5.92 Å². The number of ketones is 1. The smallest absolute Gasteiger partial charge is 0.181 e. The van der Waals surface area contributed by atoms with E-state index >= 15 is 0 Å². The molecule has 1 aliphatic rings. The molecular weight excluding hydrogens is 331 g/mol. The molecule has 3 nitrogen and oxygen atoms in total. The zero-order valence-electron chi connectivity index (χ0n) is 11.9. The third kappa shape index (κ3) is 4.33. The number of alkyl halides is 2. The third-order valence-corrected chi connectivity index (χ3v) is 4.68. The second-order valence-corrected chi connectivity index (χ2v) is 6.29. The molecule has 6 heteroatoms. The highest BCUT2D eigenvalue weighted by Crippen LogP contribution is 2.23. The minimum atomic E-state index is -0.338. The van der Waals surface area contributed by atoms with E-state index in [1.165, 1.54) is 0 Å². The molecule has 0 amide bonds. The van der Waals surface area contributed by atoms with Crippen LogP contribution in [0.3, 0.4) is 0 Å². The van der Waals surface area contributed by atoms with E-state index in [4.69, 9.17) is 28.9 Å². The van der Waals surface area contributed by atoms with Crippen LogP contribution in [0.5, 0.6) is 0 Å². The predicted molar refractivity (Wildman–Crippen MR) is 90.9 cm³/mol. The normalized spacial score (nSPS) is 27.7. The summed E-state index contributed by atoms with van der Waals surface area (Å²) in [5.74, 6) is 0.562. The number of likely N-dealkylation sites (tertiary alicyclic amines) is 1. The van der Waals surface area contributed by atoms with E-state index in [9.17, 15) is 4.79 Å². The monoisotopic (exact) mass is 350 g/mol. The number of halogens is 3. The maximum Gasteiger partial charge on any atom is 0.181 e. The number of Topliss-reactive ketones (excluding diaryl/α,β-unsaturated/α-hetero) is 1. The van der Waals surface area contributed by atoms with E-state index < -0.39 is 0 Å². The Hall–Kier alpha value is -0.320. The molecule has 0 bridgehead atoms. The molecule has 0 spiro atoms. The Balaban J connectivity index is 0.00000220.